The normalized spacial score (nSPS) is 20.6. The van der Waals surface area contributed by atoms with Crippen molar-refractivity contribution in [1.82, 2.24) is 35.1 Å². The lowest BCUT2D eigenvalue weighted by molar-refractivity contribution is -0.136. The van der Waals surface area contributed by atoms with Crippen LogP contribution in [0.25, 0.3) is 10.1 Å². The number of nitrogens with one attached hydrogen (secondary N) is 3. The van der Waals surface area contributed by atoms with Crippen LogP contribution in [0.2, 0.25) is 0 Å². The zero-order valence-electron chi connectivity index (χ0n) is 34.4. The summed E-state index contributed by atoms with van der Waals surface area (Å²) in [6.45, 7) is 17.5. The minimum absolute atomic E-state index is 0.0610. The van der Waals surface area contributed by atoms with Crippen LogP contribution in [0.3, 0.4) is 0 Å². The Labute approximate surface area is 339 Å². The molecule has 2 fully saturated rings. The number of hydrogen-bond donors (Lipinski definition) is 3. The van der Waals surface area contributed by atoms with E-state index in [1.807, 2.05) is 37.8 Å². The summed E-state index contributed by atoms with van der Waals surface area (Å²) in [5.74, 6) is 15.0. The fourth-order valence-electron chi connectivity index (χ4n) is 7.54. The van der Waals surface area contributed by atoms with Crippen molar-refractivity contribution in [3.05, 3.63) is 70.1 Å². The van der Waals surface area contributed by atoms with Gasteiger partial charge in [0.25, 0.3) is 0 Å². The lowest BCUT2D eigenvalue weighted by Gasteiger charge is -2.30. The zero-order valence-corrected chi connectivity index (χ0v) is 35.2. The standard InChI is InChI=1S/C44H54N8O4S/c1-10-29(8)47-38(25(2)3)42(53)51-23-27(6)17-35(51)41-46-22-33(49-41)15-16-34-20-31-13-11-30(19-37(31)57-34)12-14-32-21-45-40(48-32)36-18-28(7)24-52(36)43(54)39(26(4)5)50-44(55)56-9/h11,13,19-22,25-28,35-36,38-39H,10,17-18,23-24H2,1-9H3,(H,45,48)(H,46,49)(H,50,55). The maximum atomic E-state index is 13.8. The van der Waals surface area contributed by atoms with Crippen molar-refractivity contribution in [3.8, 4) is 23.7 Å². The quantitative estimate of drug-likeness (QED) is 0.120. The summed E-state index contributed by atoms with van der Waals surface area (Å²) < 4.78 is 5.84. The molecule has 4 aromatic rings. The van der Waals surface area contributed by atoms with E-state index in [0.717, 1.165) is 51.3 Å². The summed E-state index contributed by atoms with van der Waals surface area (Å²) in [6.07, 6.45) is 5.24. The molecule has 6 rings (SSSR count). The third-order valence-corrected chi connectivity index (χ3v) is 11.8. The summed E-state index contributed by atoms with van der Waals surface area (Å²) in [6, 6.07) is 6.69. The summed E-state index contributed by atoms with van der Waals surface area (Å²) in [5, 5.41) is 3.78. The number of imidazole rings is 2. The number of rotatable bonds is 9. The maximum absolute atomic E-state index is 13.8. The van der Waals surface area contributed by atoms with E-state index in [0.29, 0.717) is 36.2 Å². The van der Waals surface area contributed by atoms with Crippen molar-refractivity contribution in [2.45, 2.75) is 98.8 Å². The van der Waals surface area contributed by atoms with Gasteiger partial charge < -0.3 is 29.8 Å². The molecule has 0 aliphatic carbocycles. The number of nitrogens with zero attached hydrogens (tertiary/aromatic N) is 5. The van der Waals surface area contributed by atoms with E-state index >= 15 is 0 Å². The average Bonchev–Trinajstić information content (AvgIpc) is 4.03. The summed E-state index contributed by atoms with van der Waals surface area (Å²) in [5.41, 5.74) is 3.21. The summed E-state index contributed by atoms with van der Waals surface area (Å²) >= 11 is 1.60. The summed E-state index contributed by atoms with van der Waals surface area (Å²) in [4.78, 5) is 64.9. The lowest BCUT2D eigenvalue weighted by atomic mass is 10.0. The Kier molecular flexibility index (Phi) is 12.9. The zero-order chi connectivity index (χ0) is 41.0. The Hall–Kier alpha value is -5.40. The van der Waals surface area contributed by atoms with E-state index in [-0.39, 0.29) is 41.7 Å². The molecular weight excluding hydrogens is 737 g/mol. The minimum atomic E-state index is -0.704. The van der Waals surface area contributed by atoms with Crippen LogP contribution >= 0.6 is 11.3 Å². The van der Waals surface area contributed by atoms with E-state index in [1.165, 1.54) is 7.11 Å². The van der Waals surface area contributed by atoms with Crippen LogP contribution in [0.4, 0.5) is 4.79 Å². The molecule has 6 atom stereocenters. The molecule has 0 spiro atoms. The van der Waals surface area contributed by atoms with Gasteiger partial charge in [-0.15, -0.1) is 11.3 Å². The van der Waals surface area contributed by atoms with Crippen molar-refractivity contribution in [1.29, 1.82) is 0 Å². The van der Waals surface area contributed by atoms with E-state index in [9.17, 15) is 14.4 Å². The average molecular weight is 791 g/mol. The molecule has 300 valence electrons. The molecule has 5 heterocycles. The number of carbonyl (C=O) groups excluding carboxylic acids is 3. The maximum Gasteiger partial charge on any atom is 0.407 e. The van der Waals surface area contributed by atoms with Crippen molar-refractivity contribution in [3.63, 3.8) is 0 Å². The van der Waals surface area contributed by atoms with E-state index in [4.69, 9.17) is 9.73 Å². The van der Waals surface area contributed by atoms with E-state index < -0.39 is 18.2 Å². The van der Waals surface area contributed by atoms with Crippen LogP contribution in [-0.4, -0.2) is 85.6 Å². The highest BCUT2D eigenvalue weighted by molar-refractivity contribution is 7.19. The molecule has 57 heavy (non-hydrogen) atoms. The monoisotopic (exact) mass is 790 g/mol. The third-order valence-electron chi connectivity index (χ3n) is 10.7. The van der Waals surface area contributed by atoms with Crippen LogP contribution in [0.5, 0.6) is 0 Å². The fourth-order valence-corrected chi connectivity index (χ4v) is 8.50. The highest BCUT2D eigenvalue weighted by atomic mass is 32.1. The highest BCUT2D eigenvalue weighted by Crippen LogP contribution is 2.36. The van der Waals surface area contributed by atoms with Crippen LogP contribution in [0.1, 0.15) is 120 Å². The molecule has 0 bridgehead atoms. The van der Waals surface area contributed by atoms with Gasteiger partial charge in [-0.3, -0.25) is 14.6 Å². The largest absolute Gasteiger partial charge is 0.453 e. The third kappa shape index (κ3) is 9.60. The van der Waals surface area contributed by atoms with Crippen LogP contribution < -0.4 is 5.32 Å². The molecule has 3 N–H and O–H groups in total. The Morgan fingerprint density at radius 2 is 1.49 bits per heavy atom. The Morgan fingerprint density at radius 1 is 0.895 bits per heavy atom. The predicted octanol–water partition coefficient (Wildman–Crippen LogP) is 7.24. The first-order chi connectivity index (χ1) is 27.2. The first kappa shape index (κ1) is 41.2. The minimum Gasteiger partial charge on any atom is -0.453 e. The van der Waals surface area contributed by atoms with Gasteiger partial charge in [0.15, 0.2) is 0 Å². The molecule has 2 aliphatic rings. The number of H-pyrrole nitrogens is 2. The Balaban J connectivity index is 1.13. The molecule has 12 nitrogen and oxygen atoms in total. The smallest absolute Gasteiger partial charge is 0.407 e. The second-order valence-corrected chi connectivity index (χ2v) is 17.3. The predicted molar refractivity (Wildman–Crippen MR) is 224 cm³/mol. The second kappa shape index (κ2) is 17.8. The first-order valence-corrected chi connectivity index (χ1v) is 20.7. The van der Waals surface area contributed by atoms with Crippen LogP contribution in [0, 0.1) is 47.4 Å². The highest BCUT2D eigenvalue weighted by Gasteiger charge is 2.41. The topological polar surface area (TPSA) is 149 Å². The number of fused-ring (bicyclic) bond motifs is 1. The molecule has 2 aliphatic heterocycles. The molecule has 0 saturated carbocycles. The van der Waals surface area contributed by atoms with Gasteiger partial charge >= 0.3 is 6.09 Å². The van der Waals surface area contributed by atoms with Gasteiger partial charge in [-0.1, -0.05) is 60.5 Å². The van der Waals surface area contributed by atoms with Crippen molar-refractivity contribution < 1.29 is 19.1 Å². The number of hydrogen-bond acceptors (Lipinski definition) is 8. The number of carbonyl (C=O) groups is 3. The number of ether oxygens (including phenoxy) is 1. The SMILES string of the molecule is CCC(C)=NC(C(=O)N1CC(C)CC1c1ncc(C#Cc2cc3ccc(C#Cc4cnc(C5CC(C)CN5C(=O)C(NC(=O)OC)C(C)C)[nH]4)cc3s2)[nH]1)C(C)C. The lowest BCUT2D eigenvalue weighted by Crippen LogP contribution is -2.51. The molecule has 1 aromatic carbocycles. The number of aromatic nitrogens is 4. The molecule has 13 heteroatoms. The van der Waals surface area contributed by atoms with Gasteiger partial charge in [0.05, 0.1) is 36.5 Å². The number of likely N-dealkylation sites (tertiary alicyclic amines) is 2. The van der Waals surface area contributed by atoms with Gasteiger partial charge in [0, 0.05) is 29.1 Å². The van der Waals surface area contributed by atoms with Gasteiger partial charge in [0.1, 0.15) is 35.1 Å². The summed E-state index contributed by atoms with van der Waals surface area (Å²) in [7, 11) is 1.29. The number of amides is 3. The Morgan fingerprint density at radius 3 is 2.05 bits per heavy atom. The van der Waals surface area contributed by atoms with E-state index in [1.54, 1.807) is 28.6 Å². The van der Waals surface area contributed by atoms with Crippen LogP contribution in [-0.2, 0) is 14.3 Å². The Bertz CT molecular complexity index is 2260. The van der Waals surface area contributed by atoms with Gasteiger partial charge in [-0.2, -0.15) is 0 Å². The molecule has 2 saturated heterocycles. The second-order valence-electron chi connectivity index (χ2n) is 16.2. The number of aliphatic imine (C=N–C) groups is 1. The van der Waals surface area contributed by atoms with E-state index in [2.05, 4.69) is 95.7 Å². The van der Waals surface area contributed by atoms with Gasteiger partial charge in [-0.05, 0) is 91.2 Å². The number of aromatic amines is 2. The van der Waals surface area contributed by atoms with Crippen molar-refractivity contribution in [2.24, 2.45) is 28.7 Å². The molecule has 0 radical (unpaired) electrons. The molecule has 3 aromatic heterocycles. The van der Waals surface area contributed by atoms with Crippen molar-refractivity contribution >= 4 is 45.0 Å². The number of benzene rings is 1. The van der Waals surface area contributed by atoms with Gasteiger partial charge in [-0.25, -0.2) is 14.8 Å². The number of alkyl carbamates (subject to hydrolysis) is 1. The number of methoxy groups -OCH3 is 1. The fraction of sp³-hybridized carbons (Fsp3) is 0.500. The molecular formula is C44H54N8O4S. The number of thiophene rings is 1. The van der Waals surface area contributed by atoms with Crippen LogP contribution in [0.15, 0.2) is 41.7 Å². The molecule has 3 amide bonds. The van der Waals surface area contributed by atoms with Crippen molar-refractivity contribution in [2.75, 3.05) is 20.2 Å². The first-order valence-electron chi connectivity index (χ1n) is 19.9. The molecule has 6 unspecified atom stereocenters. The van der Waals surface area contributed by atoms with Gasteiger partial charge in [0.2, 0.25) is 11.8 Å².